The first-order valence-electron chi connectivity index (χ1n) is 6.65. The van der Waals surface area contributed by atoms with Gasteiger partial charge in [-0.1, -0.05) is 36.4 Å². The number of primary amides is 1. The summed E-state index contributed by atoms with van der Waals surface area (Å²) in [7, 11) is -3.54. The van der Waals surface area contributed by atoms with E-state index < -0.39 is 13.5 Å². The summed E-state index contributed by atoms with van der Waals surface area (Å²) in [5.41, 5.74) is 5.05. The van der Waals surface area contributed by atoms with Crippen LogP contribution >= 0.6 is 7.60 Å². The number of rotatable bonds is 8. The van der Waals surface area contributed by atoms with E-state index in [2.05, 4.69) is 5.32 Å². The van der Waals surface area contributed by atoms with E-state index in [1.165, 1.54) is 0 Å². The van der Waals surface area contributed by atoms with Crippen molar-refractivity contribution in [1.82, 2.24) is 5.32 Å². The minimum atomic E-state index is -3.54. The fourth-order valence-corrected chi connectivity index (χ4v) is 3.12. The molecular formula is C15H17N2O4P. The Hall–Kier alpha value is -2.30. The summed E-state index contributed by atoms with van der Waals surface area (Å²) >= 11 is 0. The van der Waals surface area contributed by atoms with Gasteiger partial charge in [0, 0.05) is 0 Å². The van der Waals surface area contributed by atoms with E-state index in [1.54, 1.807) is 48.5 Å². The Morgan fingerprint density at radius 3 is 1.82 bits per heavy atom. The highest BCUT2D eigenvalue weighted by Gasteiger charge is 2.28. The molecule has 6 nitrogen and oxygen atoms in total. The summed E-state index contributed by atoms with van der Waals surface area (Å²) in [6, 6.07) is 17.4. The molecule has 1 amide bonds. The molecule has 2 aromatic carbocycles. The van der Waals surface area contributed by atoms with Crippen molar-refractivity contribution in [3.8, 4) is 11.5 Å². The van der Waals surface area contributed by atoms with E-state index in [0.717, 1.165) is 0 Å². The molecule has 0 fully saturated rings. The normalized spacial score (nSPS) is 10.9. The standard InChI is InChI=1S/C15H17N2O4P/c16-15(18)11-17-12-22(19,20-13-7-3-1-4-8-13)21-14-9-5-2-6-10-14/h1-10,17H,11-12H2,(H2,16,18). The van der Waals surface area contributed by atoms with Gasteiger partial charge in [0.05, 0.1) is 6.54 Å². The van der Waals surface area contributed by atoms with Crippen LogP contribution in [0.4, 0.5) is 0 Å². The number of hydrogen-bond donors (Lipinski definition) is 2. The number of nitrogens with one attached hydrogen (secondary N) is 1. The van der Waals surface area contributed by atoms with Gasteiger partial charge in [-0.05, 0) is 24.3 Å². The molecule has 0 radical (unpaired) electrons. The predicted octanol–water partition coefficient (Wildman–Crippen LogP) is 2.37. The van der Waals surface area contributed by atoms with Gasteiger partial charge >= 0.3 is 7.60 Å². The fourth-order valence-electron chi connectivity index (χ4n) is 1.68. The zero-order chi connectivity index (χ0) is 15.8. The van der Waals surface area contributed by atoms with E-state index in [0.29, 0.717) is 11.5 Å². The summed E-state index contributed by atoms with van der Waals surface area (Å²) in [6.07, 6.45) is -0.139. The molecule has 22 heavy (non-hydrogen) atoms. The lowest BCUT2D eigenvalue weighted by molar-refractivity contribution is -0.117. The third-order valence-corrected chi connectivity index (χ3v) is 4.17. The third-order valence-electron chi connectivity index (χ3n) is 2.58. The van der Waals surface area contributed by atoms with Crippen molar-refractivity contribution in [2.24, 2.45) is 5.73 Å². The van der Waals surface area contributed by atoms with Crippen LogP contribution in [-0.4, -0.2) is 18.7 Å². The van der Waals surface area contributed by atoms with Gasteiger partial charge < -0.3 is 14.8 Å². The number of benzene rings is 2. The first-order chi connectivity index (χ1) is 10.6. The maximum atomic E-state index is 12.9. The molecule has 0 aliphatic carbocycles. The second kappa shape index (κ2) is 7.64. The summed E-state index contributed by atoms with van der Waals surface area (Å²) in [5.74, 6) is 0.288. The van der Waals surface area contributed by atoms with Crippen LogP contribution in [0.15, 0.2) is 60.7 Å². The zero-order valence-corrected chi connectivity index (χ0v) is 12.7. The Labute approximate surface area is 128 Å². The summed E-state index contributed by atoms with van der Waals surface area (Å²) < 4.78 is 23.9. The first-order valence-corrected chi connectivity index (χ1v) is 8.37. The van der Waals surface area contributed by atoms with Crippen LogP contribution in [0.5, 0.6) is 11.5 Å². The number of amides is 1. The smallest absolute Gasteiger partial charge is 0.415 e. The third kappa shape index (κ3) is 5.24. The largest absolute Gasteiger partial charge is 0.444 e. The molecule has 0 atom stereocenters. The minimum absolute atomic E-state index is 0.111. The van der Waals surface area contributed by atoms with E-state index in [4.69, 9.17) is 14.8 Å². The van der Waals surface area contributed by atoms with Gasteiger partial charge in [0.1, 0.15) is 17.8 Å². The topological polar surface area (TPSA) is 90.7 Å². The van der Waals surface area contributed by atoms with Crippen LogP contribution in [-0.2, 0) is 9.36 Å². The Morgan fingerprint density at radius 1 is 0.955 bits per heavy atom. The number of carbonyl (C=O) groups is 1. The Balaban J connectivity index is 2.12. The van der Waals surface area contributed by atoms with Crippen LogP contribution in [0.3, 0.4) is 0 Å². The van der Waals surface area contributed by atoms with Crippen molar-refractivity contribution in [1.29, 1.82) is 0 Å². The second-order valence-electron chi connectivity index (χ2n) is 4.47. The lowest BCUT2D eigenvalue weighted by atomic mass is 10.3. The lowest BCUT2D eigenvalue weighted by Gasteiger charge is -2.20. The van der Waals surface area contributed by atoms with E-state index >= 15 is 0 Å². The molecule has 0 unspecified atom stereocenters. The van der Waals surface area contributed by atoms with Gasteiger partial charge in [0.25, 0.3) is 0 Å². The molecule has 0 saturated heterocycles. The number of carbonyl (C=O) groups excluding carboxylic acids is 1. The highest BCUT2D eigenvalue weighted by molar-refractivity contribution is 7.54. The van der Waals surface area contributed by atoms with Gasteiger partial charge in [-0.25, -0.2) is 4.57 Å². The SMILES string of the molecule is NC(=O)CNCP(=O)(Oc1ccccc1)Oc1ccccc1. The molecule has 2 rings (SSSR count). The summed E-state index contributed by atoms with van der Waals surface area (Å²) in [5, 5.41) is 2.68. The van der Waals surface area contributed by atoms with E-state index in [1.807, 2.05) is 12.1 Å². The van der Waals surface area contributed by atoms with Crippen molar-refractivity contribution in [3.63, 3.8) is 0 Å². The maximum Gasteiger partial charge on any atom is 0.444 e. The average Bonchev–Trinajstić information content (AvgIpc) is 2.48. The lowest BCUT2D eigenvalue weighted by Crippen LogP contribution is -2.30. The minimum Gasteiger partial charge on any atom is -0.415 e. The first kappa shape index (κ1) is 16.1. The Morgan fingerprint density at radius 2 is 1.41 bits per heavy atom. The molecule has 0 aromatic heterocycles. The summed E-state index contributed by atoms with van der Waals surface area (Å²) in [4.78, 5) is 10.8. The Kier molecular flexibility index (Phi) is 5.58. The predicted molar refractivity (Wildman–Crippen MR) is 83.8 cm³/mol. The second-order valence-corrected chi connectivity index (χ2v) is 6.37. The van der Waals surface area contributed by atoms with Gasteiger partial charge in [-0.3, -0.25) is 10.1 Å². The molecule has 116 valence electrons. The molecule has 7 heteroatoms. The van der Waals surface area contributed by atoms with Crippen LogP contribution in [0, 0.1) is 0 Å². The highest BCUT2D eigenvalue weighted by Crippen LogP contribution is 2.47. The van der Waals surface area contributed by atoms with Crippen molar-refractivity contribution in [2.45, 2.75) is 0 Å². The van der Waals surface area contributed by atoms with Gasteiger partial charge in [-0.15, -0.1) is 0 Å². The van der Waals surface area contributed by atoms with Crippen molar-refractivity contribution >= 4 is 13.5 Å². The fraction of sp³-hybridized carbons (Fsp3) is 0.133. The molecule has 0 saturated carbocycles. The van der Waals surface area contributed by atoms with Crippen LogP contribution in [0.1, 0.15) is 0 Å². The molecular weight excluding hydrogens is 303 g/mol. The van der Waals surface area contributed by atoms with E-state index in [9.17, 15) is 9.36 Å². The van der Waals surface area contributed by atoms with Crippen LogP contribution in [0.2, 0.25) is 0 Å². The molecule has 2 aromatic rings. The van der Waals surface area contributed by atoms with Crippen molar-refractivity contribution in [3.05, 3.63) is 60.7 Å². The number of hydrogen-bond acceptors (Lipinski definition) is 5. The summed E-state index contributed by atoms with van der Waals surface area (Å²) in [6.45, 7) is -0.111. The molecule has 0 bridgehead atoms. The quantitative estimate of drug-likeness (QED) is 0.729. The van der Waals surface area contributed by atoms with E-state index in [-0.39, 0.29) is 12.8 Å². The monoisotopic (exact) mass is 320 g/mol. The highest BCUT2D eigenvalue weighted by atomic mass is 31.2. The molecule has 0 heterocycles. The van der Waals surface area contributed by atoms with Crippen LogP contribution in [0.25, 0.3) is 0 Å². The molecule has 3 N–H and O–H groups in total. The molecule has 0 spiro atoms. The zero-order valence-electron chi connectivity index (χ0n) is 11.8. The number of nitrogens with two attached hydrogens (primary N) is 1. The Bertz CT molecular complexity index is 604. The average molecular weight is 320 g/mol. The van der Waals surface area contributed by atoms with Crippen molar-refractivity contribution in [2.75, 3.05) is 12.8 Å². The van der Waals surface area contributed by atoms with Crippen molar-refractivity contribution < 1.29 is 18.4 Å². The molecule has 0 aliphatic heterocycles. The number of para-hydroxylation sites is 2. The maximum absolute atomic E-state index is 12.9. The van der Waals surface area contributed by atoms with Gasteiger partial charge in [0.15, 0.2) is 0 Å². The van der Waals surface area contributed by atoms with Gasteiger partial charge in [0.2, 0.25) is 5.91 Å². The molecule has 0 aliphatic rings. The van der Waals surface area contributed by atoms with Gasteiger partial charge in [-0.2, -0.15) is 0 Å². The van der Waals surface area contributed by atoms with Crippen LogP contribution < -0.4 is 20.1 Å².